The van der Waals surface area contributed by atoms with E-state index in [0.29, 0.717) is 44.9 Å². The minimum Gasteiger partial charge on any atom is -0.464 e. The molecule has 1 fully saturated rings. The van der Waals surface area contributed by atoms with Crippen LogP contribution in [-0.2, 0) is 32.0 Å². The number of nitrogens with two attached hydrogens (primary N) is 1. The number of aliphatic hydroxyl groups excluding tert-OH is 1. The van der Waals surface area contributed by atoms with Gasteiger partial charge in [0.1, 0.15) is 5.58 Å². The Balaban J connectivity index is 1.55. The van der Waals surface area contributed by atoms with Crippen molar-refractivity contribution in [2.45, 2.75) is 90.8 Å². The molecular formula is C33H52N4O8. The molecule has 4 atom stereocenters. The van der Waals surface area contributed by atoms with Crippen molar-refractivity contribution in [1.29, 1.82) is 0 Å². The summed E-state index contributed by atoms with van der Waals surface area (Å²) in [6.45, 7) is 9.13. The lowest BCUT2D eigenvalue weighted by atomic mass is 9.80. The highest BCUT2D eigenvalue weighted by Crippen LogP contribution is 2.29. The molecule has 0 saturated carbocycles. The monoisotopic (exact) mass is 632 g/mol. The minimum atomic E-state index is -0.983. The van der Waals surface area contributed by atoms with Crippen LogP contribution in [0.3, 0.4) is 0 Å². The molecule has 0 unspecified atom stereocenters. The van der Waals surface area contributed by atoms with Crippen molar-refractivity contribution in [2.75, 3.05) is 33.4 Å². The fourth-order valence-corrected chi connectivity index (χ4v) is 6.15. The third kappa shape index (κ3) is 11.0. The van der Waals surface area contributed by atoms with Gasteiger partial charge in [-0.25, -0.2) is 0 Å². The number of hydrogen-bond acceptors (Lipinski definition) is 9. The highest BCUT2D eigenvalue weighted by atomic mass is 16.9. The van der Waals surface area contributed by atoms with Gasteiger partial charge >= 0.3 is 0 Å². The number of furan rings is 1. The van der Waals surface area contributed by atoms with E-state index < -0.39 is 35.7 Å². The average molecular weight is 633 g/mol. The zero-order valence-corrected chi connectivity index (χ0v) is 27.4. The molecule has 0 bridgehead atoms. The second-order valence-corrected chi connectivity index (χ2v) is 13.1. The molecule has 12 nitrogen and oxygen atoms in total. The van der Waals surface area contributed by atoms with E-state index in [9.17, 15) is 24.8 Å². The normalized spacial score (nSPS) is 17.0. The molecule has 0 spiro atoms. The summed E-state index contributed by atoms with van der Waals surface area (Å²) in [6, 6.07) is 5.72. The van der Waals surface area contributed by atoms with Crippen molar-refractivity contribution in [1.82, 2.24) is 10.2 Å². The predicted octanol–water partition coefficient (Wildman–Crippen LogP) is 3.88. The molecule has 2 aromatic rings. The number of carbonyl (C=O) groups excluding carboxylic acids is 2. The standard InChI is InChI=1S/C33H52N4O8/c1-21(2)25(15-23-8-9-31-28(16-23)24(19-44-31)7-6-14-43-5)17-29(34)30(38)18-27(22(3)4)33(40)35-26-10-12-36(13-11-26)32(39)20-45-37(41)42/h8-9,16,19,21-22,25-27,29-30,38H,6-7,10-15,17-18,20,34H2,1-5H3,(H,35,40)/t25-,27-,29-,30-/m0/s1. The lowest BCUT2D eigenvalue weighted by Crippen LogP contribution is -2.50. The van der Waals surface area contributed by atoms with Crippen LogP contribution in [0.25, 0.3) is 11.0 Å². The molecule has 4 N–H and O–H groups in total. The molecule has 1 aliphatic heterocycles. The van der Waals surface area contributed by atoms with Crippen LogP contribution in [0.15, 0.2) is 28.9 Å². The van der Waals surface area contributed by atoms with Gasteiger partial charge in [0, 0.05) is 50.2 Å². The number of nitrogens with one attached hydrogen (secondary N) is 1. The van der Waals surface area contributed by atoms with Crippen molar-refractivity contribution in [3.8, 4) is 0 Å². The number of rotatable bonds is 18. The number of fused-ring (bicyclic) bond motifs is 1. The maximum Gasteiger partial charge on any atom is 0.295 e. The van der Waals surface area contributed by atoms with Crippen molar-refractivity contribution in [3.63, 3.8) is 0 Å². The Kier molecular flexibility index (Phi) is 14.1. The summed E-state index contributed by atoms with van der Waals surface area (Å²) in [4.78, 5) is 41.5. The third-order valence-electron chi connectivity index (χ3n) is 9.15. The third-order valence-corrected chi connectivity index (χ3v) is 9.15. The number of piperidine rings is 1. The second kappa shape index (κ2) is 17.5. The first kappa shape index (κ1) is 36.3. The Labute approximate surface area is 266 Å². The van der Waals surface area contributed by atoms with E-state index in [0.717, 1.165) is 30.2 Å². The number of aryl methyl sites for hydroxylation is 1. The van der Waals surface area contributed by atoms with Gasteiger partial charge in [-0.15, -0.1) is 10.1 Å². The molecule has 1 aromatic carbocycles. The van der Waals surface area contributed by atoms with Gasteiger partial charge in [0.2, 0.25) is 11.8 Å². The Morgan fingerprint density at radius 2 is 1.89 bits per heavy atom. The summed E-state index contributed by atoms with van der Waals surface area (Å²) in [6.07, 6.45) is 5.60. The zero-order valence-electron chi connectivity index (χ0n) is 27.4. The van der Waals surface area contributed by atoms with E-state index in [4.69, 9.17) is 14.9 Å². The predicted molar refractivity (Wildman–Crippen MR) is 171 cm³/mol. The van der Waals surface area contributed by atoms with Crippen LogP contribution >= 0.6 is 0 Å². The van der Waals surface area contributed by atoms with E-state index in [1.165, 1.54) is 16.0 Å². The summed E-state index contributed by atoms with van der Waals surface area (Å²) < 4.78 is 11.0. The maximum absolute atomic E-state index is 13.3. The first-order valence-electron chi connectivity index (χ1n) is 16.2. The quantitative estimate of drug-likeness (QED) is 0.125. The highest BCUT2D eigenvalue weighted by Gasteiger charge is 2.32. The van der Waals surface area contributed by atoms with Gasteiger partial charge in [-0.3, -0.25) is 9.59 Å². The fraction of sp³-hybridized carbons (Fsp3) is 0.697. The number of benzene rings is 1. The van der Waals surface area contributed by atoms with E-state index in [1.807, 2.05) is 26.2 Å². The molecule has 252 valence electrons. The first-order chi connectivity index (χ1) is 21.4. The molecule has 2 amide bonds. The molecule has 1 aliphatic rings. The maximum atomic E-state index is 13.3. The Morgan fingerprint density at radius 1 is 1.18 bits per heavy atom. The lowest BCUT2D eigenvalue weighted by molar-refractivity contribution is -0.754. The van der Waals surface area contributed by atoms with Gasteiger partial charge in [0.15, 0.2) is 6.61 Å². The van der Waals surface area contributed by atoms with Crippen molar-refractivity contribution < 1.29 is 33.8 Å². The summed E-state index contributed by atoms with van der Waals surface area (Å²) in [5.41, 5.74) is 9.85. The van der Waals surface area contributed by atoms with Crippen LogP contribution in [0.2, 0.25) is 0 Å². The van der Waals surface area contributed by atoms with Crippen molar-refractivity contribution in [2.24, 2.45) is 29.4 Å². The van der Waals surface area contributed by atoms with Crippen LogP contribution in [0.5, 0.6) is 0 Å². The summed E-state index contributed by atoms with van der Waals surface area (Å²) in [7, 11) is 1.71. The van der Waals surface area contributed by atoms with Crippen LogP contribution in [0.1, 0.15) is 70.9 Å². The largest absolute Gasteiger partial charge is 0.464 e. The van der Waals surface area contributed by atoms with E-state index >= 15 is 0 Å². The van der Waals surface area contributed by atoms with Gasteiger partial charge < -0.3 is 35.0 Å². The molecule has 45 heavy (non-hydrogen) atoms. The van der Waals surface area contributed by atoms with Gasteiger partial charge in [-0.2, -0.15) is 0 Å². The molecule has 1 saturated heterocycles. The van der Waals surface area contributed by atoms with Crippen LogP contribution < -0.4 is 11.1 Å². The Bertz CT molecular complexity index is 1240. The molecule has 1 aromatic heterocycles. The SMILES string of the molecule is COCCCc1coc2ccc(C[C@@H](C[C@H](N)[C@@H](O)C[C@H](C(=O)NC3CCN(C(=O)CO[N+](=O)[O-])CC3)C(C)C)C(C)C)cc12. The topological polar surface area (TPSA) is 170 Å². The lowest BCUT2D eigenvalue weighted by Gasteiger charge is -2.34. The minimum absolute atomic E-state index is 0.00605. The van der Waals surface area contributed by atoms with Crippen LogP contribution in [0, 0.1) is 33.8 Å². The van der Waals surface area contributed by atoms with E-state index in [2.05, 4.69) is 36.1 Å². The highest BCUT2D eigenvalue weighted by molar-refractivity contribution is 5.82. The summed E-state index contributed by atoms with van der Waals surface area (Å²) in [5, 5.41) is 24.8. The number of nitrogens with zero attached hydrogens (tertiary/aromatic N) is 2. The van der Waals surface area contributed by atoms with Crippen molar-refractivity contribution >= 4 is 22.8 Å². The van der Waals surface area contributed by atoms with Gasteiger partial charge in [0.05, 0.1) is 12.4 Å². The first-order valence-corrected chi connectivity index (χ1v) is 16.2. The zero-order chi connectivity index (χ0) is 33.1. The molecule has 0 radical (unpaired) electrons. The number of amides is 2. The van der Waals surface area contributed by atoms with Gasteiger partial charge in [-0.1, -0.05) is 33.8 Å². The van der Waals surface area contributed by atoms with Gasteiger partial charge in [-0.05, 0) is 86.0 Å². The molecule has 12 heteroatoms. The number of likely N-dealkylation sites (tertiary alicyclic amines) is 1. The molecule has 0 aliphatic carbocycles. The van der Waals surface area contributed by atoms with Crippen LogP contribution in [0.4, 0.5) is 0 Å². The van der Waals surface area contributed by atoms with E-state index in [-0.39, 0.29) is 30.2 Å². The number of ether oxygens (including phenoxy) is 1. The average Bonchev–Trinajstić information content (AvgIpc) is 3.40. The fourth-order valence-electron chi connectivity index (χ4n) is 6.15. The summed E-state index contributed by atoms with van der Waals surface area (Å²) >= 11 is 0. The second-order valence-electron chi connectivity index (χ2n) is 13.1. The number of carbonyl (C=O) groups is 2. The Hall–Kier alpha value is -3.22. The Morgan fingerprint density at radius 3 is 2.51 bits per heavy atom. The van der Waals surface area contributed by atoms with Crippen LogP contribution in [-0.4, -0.2) is 78.5 Å². The van der Waals surface area contributed by atoms with Crippen molar-refractivity contribution in [3.05, 3.63) is 45.7 Å². The van der Waals surface area contributed by atoms with Gasteiger partial charge in [0.25, 0.3) is 5.09 Å². The summed E-state index contributed by atoms with van der Waals surface area (Å²) in [5.74, 6) is -0.417. The number of methoxy groups -OCH3 is 1. The smallest absolute Gasteiger partial charge is 0.295 e. The molecular weight excluding hydrogens is 580 g/mol. The molecule has 3 rings (SSSR count). The number of hydrogen-bond donors (Lipinski definition) is 3. The number of aliphatic hydroxyl groups is 1. The molecule has 2 heterocycles. The van der Waals surface area contributed by atoms with E-state index in [1.54, 1.807) is 7.11 Å².